The van der Waals surface area contributed by atoms with Gasteiger partial charge in [-0.1, -0.05) is 17.7 Å². The molecule has 2 heterocycles. The van der Waals surface area contributed by atoms with Gasteiger partial charge in [0.1, 0.15) is 0 Å². The lowest BCUT2D eigenvalue weighted by Gasteiger charge is -2.51. The Labute approximate surface area is 144 Å². The van der Waals surface area contributed by atoms with Crippen LogP contribution in [0, 0.1) is 6.92 Å². The molecule has 24 heavy (non-hydrogen) atoms. The molecule has 0 aromatic heterocycles. The number of rotatable bonds is 2. The van der Waals surface area contributed by atoms with Crippen molar-refractivity contribution in [3.63, 3.8) is 0 Å². The molecule has 0 saturated carbocycles. The standard InChI is InChI=1S/C19H27N3O2/c1-3-22-17(23)6-4-11-19(22)12-5-13-21(14-19)18(24)20-16-9-7-15(2)8-10-16/h7-10H,3-6,11-14H2,1-2H3,(H,20,24)/t19-/m0/s1. The van der Waals surface area contributed by atoms with Crippen LogP contribution >= 0.6 is 0 Å². The van der Waals surface area contributed by atoms with Gasteiger partial charge < -0.3 is 15.1 Å². The zero-order valence-corrected chi connectivity index (χ0v) is 14.7. The Morgan fingerprint density at radius 2 is 1.92 bits per heavy atom. The molecule has 1 atom stereocenters. The summed E-state index contributed by atoms with van der Waals surface area (Å²) in [7, 11) is 0. The SMILES string of the molecule is CCN1C(=O)CCC[C@@]12CCCN(C(=O)Nc1ccc(C)cc1)C2. The first kappa shape index (κ1) is 16.8. The normalized spacial score (nSPS) is 24.3. The molecule has 130 valence electrons. The van der Waals surface area contributed by atoms with Crippen LogP contribution in [-0.4, -0.2) is 46.9 Å². The van der Waals surface area contributed by atoms with Crippen molar-refractivity contribution < 1.29 is 9.59 Å². The summed E-state index contributed by atoms with van der Waals surface area (Å²) in [6, 6.07) is 7.77. The van der Waals surface area contributed by atoms with Gasteiger partial charge in [-0.05, 0) is 51.7 Å². The number of likely N-dealkylation sites (N-methyl/N-ethyl adjacent to an activating group) is 1. The number of anilines is 1. The first-order valence-corrected chi connectivity index (χ1v) is 8.97. The molecule has 5 heteroatoms. The van der Waals surface area contributed by atoms with E-state index in [1.807, 2.05) is 47.9 Å². The second kappa shape index (κ2) is 6.83. The van der Waals surface area contributed by atoms with Gasteiger partial charge in [-0.25, -0.2) is 4.79 Å². The zero-order chi connectivity index (χ0) is 17.2. The van der Waals surface area contributed by atoms with Gasteiger partial charge in [0.25, 0.3) is 0 Å². The number of hydrogen-bond acceptors (Lipinski definition) is 2. The van der Waals surface area contributed by atoms with Gasteiger partial charge in [-0.3, -0.25) is 4.79 Å². The van der Waals surface area contributed by atoms with Crippen LogP contribution in [0.3, 0.4) is 0 Å². The van der Waals surface area contributed by atoms with Crippen LogP contribution in [0.15, 0.2) is 24.3 Å². The number of carbonyl (C=O) groups is 2. The maximum absolute atomic E-state index is 12.7. The van der Waals surface area contributed by atoms with E-state index in [2.05, 4.69) is 5.32 Å². The summed E-state index contributed by atoms with van der Waals surface area (Å²) in [5.74, 6) is 0.240. The van der Waals surface area contributed by atoms with Crippen LogP contribution in [0.1, 0.15) is 44.6 Å². The molecule has 1 spiro atoms. The fraction of sp³-hybridized carbons (Fsp3) is 0.579. The molecule has 0 aliphatic carbocycles. The van der Waals surface area contributed by atoms with Crippen molar-refractivity contribution >= 4 is 17.6 Å². The van der Waals surface area contributed by atoms with Crippen LogP contribution in [-0.2, 0) is 4.79 Å². The lowest BCUT2D eigenvalue weighted by Crippen LogP contribution is -2.63. The van der Waals surface area contributed by atoms with Crippen LogP contribution in [0.5, 0.6) is 0 Å². The molecule has 2 aliphatic rings. The van der Waals surface area contributed by atoms with E-state index in [0.717, 1.165) is 44.5 Å². The summed E-state index contributed by atoms with van der Waals surface area (Å²) in [6.07, 6.45) is 4.53. The van der Waals surface area contributed by atoms with Crippen LogP contribution in [0.2, 0.25) is 0 Å². The summed E-state index contributed by atoms with van der Waals surface area (Å²) in [4.78, 5) is 28.9. The zero-order valence-electron chi connectivity index (χ0n) is 14.7. The Kier molecular flexibility index (Phi) is 4.78. The van der Waals surface area contributed by atoms with Crippen molar-refractivity contribution in [1.82, 2.24) is 9.80 Å². The number of nitrogens with zero attached hydrogens (tertiary/aromatic N) is 2. The average molecular weight is 329 g/mol. The molecule has 5 nitrogen and oxygen atoms in total. The van der Waals surface area contributed by atoms with Gasteiger partial charge in [0.05, 0.1) is 5.54 Å². The monoisotopic (exact) mass is 329 g/mol. The molecule has 2 fully saturated rings. The topological polar surface area (TPSA) is 52.7 Å². The number of urea groups is 1. The van der Waals surface area contributed by atoms with Crippen molar-refractivity contribution in [3.05, 3.63) is 29.8 Å². The molecule has 0 unspecified atom stereocenters. The van der Waals surface area contributed by atoms with Crippen molar-refractivity contribution in [2.45, 2.75) is 51.5 Å². The number of piperidine rings is 2. The highest BCUT2D eigenvalue weighted by Gasteiger charge is 2.45. The Bertz CT molecular complexity index is 610. The maximum atomic E-state index is 12.7. The number of aryl methyl sites for hydroxylation is 1. The first-order valence-electron chi connectivity index (χ1n) is 8.97. The molecule has 2 saturated heterocycles. The Morgan fingerprint density at radius 3 is 2.62 bits per heavy atom. The van der Waals surface area contributed by atoms with E-state index in [4.69, 9.17) is 0 Å². The molecule has 3 rings (SSSR count). The average Bonchev–Trinajstić information content (AvgIpc) is 2.57. The summed E-state index contributed by atoms with van der Waals surface area (Å²) in [5, 5.41) is 2.99. The largest absolute Gasteiger partial charge is 0.336 e. The second-order valence-corrected chi connectivity index (χ2v) is 7.04. The molecule has 3 amide bonds. The van der Waals surface area contributed by atoms with E-state index in [1.165, 1.54) is 5.56 Å². The number of hydrogen-bond donors (Lipinski definition) is 1. The summed E-state index contributed by atoms with van der Waals surface area (Å²) in [5.41, 5.74) is 1.83. The quantitative estimate of drug-likeness (QED) is 0.904. The Balaban J connectivity index is 1.71. The molecule has 1 aromatic rings. The minimum absolute atomic E-state index is 0.0630. The van der Waals surface area contributed by atoms with E-state index in [0.29, 0.717) is 13.0 Å². The van der Waals surface area contributed by atoms with E-state index >= 15 is 0 Å². The molecule has 1 aromatic carbocycles. The first-order chi connectivity index (χ1) is 11.5. The number of carbonyl (C=O) groups excluding carboxylic acids is 2. The molecular formula is C19H27N3O2. The van der Waals surface area contributed by atoms with E-state index in [1.54, 1.807) is 0 Å². The number of benzene rings is 1. The Morgan fingerprint density at radius 1 is 1.21 bits per heavy atom. The molecule has 0 radical (unpaired) electrons. The molecule has 2 aliphatic heterocycles. The van der Waals surface area contributed by atoms with Gasteiger partial charge in [0.15, 0.2) is 0 Å². The third kappa shape index (κ3) is 3.25. The number of amides is 3. The van der Waals surface area contributed by atoms with Crippen molar-refractivity contribution in [2.75, 3.05) is 25.0 Å². The molecule has 1 N–H and O–H groups in total. The van der Waals surface area contributed by atoms with Crippen molar-refractivity contribution in [1.29, 1.82) is 0 Å². The number of likely N-dealkylation sites (tertiary alicyclic amines) is 2. The summed E-state index contributed by atoms with van der Waals surface area (Å²) >= 11 is 0. The fourth-order valence-electron chi connectivity index (χ4n) is 4.16. The van der Waals surface area contributed by atoms with Gasteiger partial charge in [0, 0.05) is 31.7 Å². The minimum Gasteiger partial charge on any atom is -0.336 e. The third-order valence-electron chi connectivity index (χ3n) is 5.37. The van der Waals surface area contributed by atoms with Crippen molar-refractivity contribution in [2.24, 2.45) is 0 Å². The van der Waals surface area contributed by atoms with Gasteiger partial charge >= 0.3 is 6.03 Å². The van der Waals surface area contributed by atoms with E-state index in [-0.39, 0.29) is 17.5 Å². The van der Waals surface area contributed by atoms with Crippen molar-refractivity contribution in [3.8, 4) is 0 Å². The van der Waals surface area contributed by atoms with Gasteiger partial charge in [0.2, 0.25) is 5.91 Å². The second-order valence-electron chi connectivity index (χ2n) is 7.04. The molecular weight excluding hydrogens is 302 g/mol. The highest BCUT2D eigenvalue weighted by Crippen LogP contribution is 2.36. The highest BCUT2D eigenvalue weighted by molar-refractivity contribution is 5.89. The van der Waals surface area contributed by atoms with Gasteiger partial charge in [-0.2, -0.15) is 0 Å². The minimum atomic E-state index is -0.160. The van der Waals surface area contributed by atoms with Crippen LogP contribution < -0.4 is 5.32 Å². The van der Waals surface area contributed by atoms with Crippen LogP contribution in [0.4, 0.5) is 10.5 Å². The predicted molar refractivity (Wildman–Crippen MR) is 95.0 cm³/mol. The Hall–Kier alpha value is -2.04. The van der Waals surface area contributed by atoms with Crippen LogP contribution in [0.25, 0.3) is 0 Å². The number of nitrogens with one attached hydrogen (secondary N) is 1. The maximum Gasteiger partial charge on any atom is 0.321 e. The lowest BCUT2D eigenvalue weighted by molar-refractivity contribution is -0.144. The smallest absolute Gasteiger partial charge is 0.321 e. The van der Waals surface area contributed by atoms with Gasteiger partial charge in [-0.15, -0.1) is 0 Å². The third-order valence-corrected chi connectivity index (χ3v) is 5.37. The lowest BCUT2D eigenvalue weighted by atomic mass is 9.79. The highest BCUT2D eigenvalue weighted by atomic mass is 16.2. The van der Waals surface area contributed by atoms with E-state index in [9.17, 15) is 9.59 Å². The fourth-order valence-corrected chi connectivity index (χ4v) is 4.16. The molecule has 0 bridgehead atoms. The summed E-state index contributed by atoms with van der Waals surface area (Å²) in [6.45, 7) is 6.19. The predicted octanol–water partition coefficient (Wildman–Crippen LogP) is 3.39. The summed E-state index contributed by atoms with van der Waals surface area (Å²) < 4.78 is 0. The van der Waals surface area contributed by atoms with E-state index < -0.39 is 0 Å².